The summed E-state index contributed by atoms with van der Waals surface area (Å²) in [5, 5.41) is 0. The van der Waals surface area contributed by atoms with Gasteiger partial charge in [-0.15, -0.1) is 0 Å². The van der Waals surface area contributed by atoms with Crippen molar-refractivity contribution in [3.63, 3.8) is 0 Å². The molecule has 0 aromatic heterocycles. The molecule has 1 aliphatic heterocycles. The molecule has 0 saturated carbocycles. The molecule has 0 radical (unpaired) electrons. The van der Waals surface area contributed by atoms with Crippen molar-refractivity contribution >= 4 is 5.78 Å². The monoisotopic (exact) mass is 317 g/mol. The maximum Gasteiger partial charge on any atom is 0.146 e. The Kier molecular flexibility index (Phi) is 5.51. The van der Waals surface area contributed by atoms with Gasteiger partial charge in [0.15, 0.2) is 0 Å². The Morgan fingerprint density at radius 2 is 2.00 bits per heavy atom. The van der Waals surface area contributed by atoms with E-state index < -0.39 is 0 Å². The average Bonchev–Trinajstić information content (AvgIpc) is 2.46. The van der Waals surface area contributed by atoms with Crippen molar-refractivity contribution in [1.82, 2.24) is 4.90 Å². The van der Waals surface area contributed by atoms with Crippen molar-refractivity contribution in [3.05, 3.63) is 28.8 Å². The number of Topliss-reactive ketones (excluding diaryl/α,β-unsaturated/α-hetero) is 1. The summed E-state index contributed by atoms with van der Waals surface area (Å²) in [6, 6.07) is 4.49. The van der Waals surface area contributed by atoms with Crippen molar-refractivity contribution < 1.29 is 9.53 Å². The number of methoxy groups -OCH3 is 1. The highest BCUT2D eigenvalue weighted by atomic mass is 16.5. The van der Waals surface area contributed by atoms with Crippen LogP contribution in [-0.2, 0) is 16.8 Å². The van der Waals surface area contributed by atoms with E-state index in [0.29, 0.717) is 0 Å². The molecule has 0 bridgehead atoms. The molecule has 3 nitrogen and oxygen atoms in total. The first-order valence-corrected chi connectivity index (χ1v) is 8.66. The summed E-state index contributed by atoms with van der Waals surface area (Å²) in [5.74, 6) is 1.22. The number of aryl methyl sites for hydroxylation is 1. The molecule has 1 heterocycles. The normalized spacial score (nSPS) is 19.7. The van der Waals surface area contributed by atoms with Crippen molar-refractivity contribution in [2.24, 2.45) is 0 Å². The summed E-state index contributed by atoms with van der Waals surface area (Å²) in [7, 11) is 1.74. The number of hydrogen-bond donors (Lipinski definition) is 0. The minimum absolute atomic E-state index is 0.0658. The Hall–Kier alpha value is -1.35. The molecule has 0 aliphatic carbocycles. The fraction of sp³-hybridized carbons (Fsp3) is 0.650. The standard InChI is InChI=1S/C20H31NO2/c1-14-11-16(19(23-6)12-17(14)20(3,4)5)13-21-10-8-7-9-18(21)15(2)22/h11-12,18H,7-10,13H2,1-6H3/t18-/m0/s1. The number of ether oxygens (including phenoxy) is 1. The van der Waals surface area contributed by atoms with Crippen LogP contribution in [0.15, 0.2) is 12.1 Å². The van der Waals surface area contributed by atoms with Crippen LogP contribution < -0.4 is 4.74 Å². The van der Waals surface area contributed by atoms with Gasteiger partial charge in [0.2, 0.25) is 0 Å². The maximum absolute atomic E-state index is 11.9. The molecule has 0 spiro atoms. The third-order valence-electron chi connectivity index (χ3n) is 4.89. The zero-order valence-corrected chi connectivity index (χ0v) is 15.5. The average molecular weight is 317 g/mol. The Morgan fingerprint density at radius 1 is 1.30 bits per heavy atom. The summed E-state index contributed by atoms with van der Waals surface area (Å²) < 4.78 is 5.66. The molecule has 0 unspecified atom stereocenters. The number of nitrogens with zero attached hydrogens (tertiary/aromatic N) is 1. The summed E-state index contributed by atoms with van der Waals surface area (Å²) in [6.45, 7) is 12.4. The van der Waals surface area contributed by atoms with Crippen LogP contribution in [-0.4, -0.2) is 30.4 Å². The van der Waals surface area contributed by atoms with Gasteiger partial charge in [-0.2, -0.15) is 0 Å². The van der Waals surface area contributed by atoms with Gasteiger partial charge in [0, 0.05) is 12.1 Å². The Morgan fingerprint density at radius 3 is 2.57 bits per heavy atom. The molecule has 1 saturated heterocycles. The molecular weight excluding hydrogens is 286 g/mol. The molecule has 0 amide bonds. The van der Waals surface area contributed by atoms with E-state index in [-0.39, 0.29) is 17.2 Å². The quantitative estimate of drug-likeness (QED) is 0.831. The first-order chi connectivity index (χ1) is 10.7. The third kappa shape index (κ3) is 4.14. The number of carbonyl (C=O) groups excluding carboxylic acids is 1. The van der Waals surface area contributed by atoms with E-state index in [4.69, 9.17) is 4.74 Å². The summed E-state index contributed by atoms with van der Waals surface area (Å²) in [5.41, 5.74) is 3.90. The molecule has 1 aromatic rings. The molecule has 1 aliphatic rings. The smallest absolute Gasteiger partial charge is 0.146 e. The van der Waals surface area contributed by atoms with Crippen LogP contribution >= 0.6 is 0 Å². The van der Waals surface area contributed by atoms with Gasteiger partial charge in [-0.05, 0) is 55.8 Å². The van der Waals surface area contributed by atoms with Gasteiger partial charge in [-0.25, -0.2) is 0 Å². The van der Waals surface area contributed by atoms with Crippen LogP contribution in [0.5, 0.6) is 5.75 Å². The lowest BCUT2D eigenvalue weighted by Gasteiger charge is -2.34. The minimum Gasteiger partial charge on any atom is -0.496 e. The highest BCUT2D eigenvalue weighted by Crippen LogP contribution is 2.33. The fourth-order valence-corrected chi connectivity index (χ4v) is 3.73. The second kappa shape index (κ2) is 7.04. The summed E-state index contributed by atoms with van der Waals surface area (Å²) in [4.78, 5) is 14.3. The van der Waals surface area contributed by atoms with Gasteiger partial charge in [-0.1, -0.05) is 33.3 Å². The van der Waals surface area contributed by atoms with Crippen LogP contribution in [0.4, 0.5) is 0 Å². The topological polar surface area (TPSA) is 29.5 Å². The van der Waals surface area contributed by atoms with Crippen LogP contribution in [0.25, 0.3) is 0 Å². The number of hydrogen-bond acceptors (Lipinski definition) is 3. The second-order valence-corrected chi connectivity index (χ2v) is 7.82. The predicted molar refractivity (Wildman–Crippen MR) is 95.2 cm³/mol. The Balaban J connectivity index is 2.32. The van der Waals surface area contributed by atoms with Crippen molar-refractivity contribution in [2.45, 2.75) is 71.9 Å². The van der Waals surface area contributed by atoms with Gasteiger partial charge in [-0.3, -0.25) is 9.69 Å². The lowest BCUT2D eigenvalue weighted by atomic mass is 9.83. The lowest BCUT2D eigenvalue weighted by Crippen LogP contribution is -2.43. The van der Waals surface area contributed by atoms with Crippen LogP contribution in [0.1, 0.15) is 63.6 Å². The third-order valence-corrected chi connectivity index (χ3v) is 4.89. The van der Waals surface area contributed by atoms with Gasteiger partial charge >= 0.3 is 0 Å². The van der Waals surface area contributed by atoms with E-state index in [1.54, 1.807) is 14.0 Å². The van der Waals surface area contributed by atoms with Crippen LogP contribution in [0.2, 0.25) is 0 Å². The van der Waals surface area contributed by atoms with E-state index >= 15 is 0 Å². The second-order valence-electron chi connectivity index (χ2n) is 7.82. The highest BCUT2D eigenvalue weighted by molar-refractivity contribution is 5.81. The van der Waals surface area contributed by atoms with Crippen molar-refractivity contribution in [1.29, 1.82) is 0 Å². The number of likely N-dealkylation sites (tertiary alicyclic amines) is 1. The van der Waals surface area contributed by atoms with E-state index in [1.165, 1.54) is 23.1 Å². The molecule has 23 heavy (non-hydrogen) atoms. The zero-order valence-electron chi connectivity index (χ0n) is 15.5. The molecule has 1 atom stereocenters. The van der Waals surface area contributed by atoms with Gasteiger partial charge in [0.1, 0.15) is 11.5 Å². The predicted octanol–water partition coefficient (Wildman–Crippen LogP) is 4.24. The van der Waals surface area contributed by atoms with E-state index in [9.17, 15) is 4.79 Å². The molecule has 3 heteroatoms. The van der Waals surface area contributed by atoms with Gasteiger partial charge in [0.25, 0.3) is 0 Å². The number of ketones is 1. The molecular formula is C20H31NO2. The zero-order chi connectivity index (χ0) is 17.2. The largest absolute Gasteiger partial charge is 0.496 e. The lowest BCUT2D eigenvalue weighted by molar-refractivity contribution is -0.123. The van der Waals surface area contributed by atoms with Gasteiger partial charge in [0.05, 0.1) is 13.2 Å². The molecule has 1 fully saturated rings. The maximum atomic E-state index is 11.9. The number of benzene rings is 1. The van der Waals surface area contributed by atoms with E-state index in [1.807, 2.05) is 0 Å². The highest BCUT2D eigenvalue weighted by Gasteiger charge is 2.27. The van der Waals surface area contributed by atoms with E-state index in [0.717, 1.165) is 31.7 Å². The summed E-state index contributed by atoms with van der Waals surface area (Å²) >= 11 is 0. The molecule has 128 valence electrons. The van der Waals surface area contributed by atoms with Gasteiger partial charge < -0.3 is 4.74 Å². The summed E-state index contributed by atoms with van der Waals surface area (Å²) in [6.07, 6.45) is 3.31. The van der Waals surface area contributed by atoms with Crippen molar-refractivity contribution in [3.8, 4) is 5.75 Å². The van der Waals surface area contributed by atoms with Crippen LogP contribution in [0.3, 0.4) is 0 Å². The number of piperidine rings is 1. The number of carbonyl (C=O) groups is 1. The first-order valence-electron chi connectivity index (χ1n) is 8.66. The molecule has 0 N–H and O–H groups in total. The molecule has 2 rings (SSSR count). The first kappa shape index (κ1) is 18.0. The van der Waals surface area contributed by atoms with Crippen molar-refractivity contribution in [2.75, 3.05) is 13.7 Å². The molecule has 1 aromatic carbocycles. The van der Waals surface area contributed by atoms with Crippen LogP contribution in [0, 0.1) is 6.92 Å². The number of rotatable bonds is 4. The Labute approximate surface area is 141 Å². The van der Waals surface area contributed by atoms with E-state index in [2.05, 4.69) is 44.7 Å². The minimum atomic E-state index is 0.0658. The fourth-order valence-electron chi connectivity index (χ4n) is 3.73. The SMILES string of the molecule is COc1cc(C(C)(C)C)c(C)cc1CN1CCCC[C@H]1C(C)=O. The Bertz CT molecular complexity index is 572.